The minimum Gasteiger partial charge on any atom is -0.373 e. The van der Waals surface area contributed by atoms with E-state index in [1.165, 1.54) is 12.1 Å². The van der Waals surface area contributed by atoms with Crippen LogP contribution in [0.4, 0.5) is 4.39 Å². The van der Waals surface area contributed by atoms with Crippen LogP contribution in [-0.2, 0) is 4.74 Å². The van der Waals surface area contributed by atoms with Crippen LogP contribution in [0.5, 0.6) is 0 Å². The van der Waals surface area contributed by atoms with Crippen molar-refractivity contribution >= 4 is 11.6 Å². The fourth-order valence-corrected chi connectivity index (χ4v) is 2.22. The molecule has 1 aliphatic heterocycles. The summed E-state index contributed by atoms with van der Waals surface area (Å²) in [6, 6.07) is 4.81. The lowest BCUT2D eigenvalue weighted by Gasteiger charge is -2.27. The second kappa shape index (κ2) is 4.50. The molecule has 15 heavy (non-hydrogen) atoms. The summed E-state index contributed by atoms with van der Waals surface area (Å²) in [5, 5.41) is 0.174. The molecule has 0 N–H and O–H groups in total. The average Bonchev–Trinajstić information content (AvgIpc) is 2.17. The smallest absolute Gasteiger partial charge is 0.123 e. The van der Waals surface area contributed by atoms with E-state index in [4.69, 9.17) is 16.3 Å². The first-order valence-electron chi connectivity index (χ1n) is 5.18. The first-order valence-corrected chi connectivity index (χ1v) is 5.62. The van der Waals surface area contributed by atoms with E-state index in [9.17, 15) is 4.39 Å². The number of alkyl halides is 1. The number of aryl methyl sites for hydroxylation is 1. The van der Waals surface area contributed by atoms with Crippen LogP contribution in [0.3, 0.4) is 0 Å². The van der Waals surface area contributed by atoms with Crippen LogP contribution in [0.25, 0.3) is 0 Å². The van der Waals surface area contributed by atoms with Crippen LogP contribution in [0.1, 0.15) is 30.1 Å². The lowest BCUT2D eigenvalue weighted by molar-refractivity contribution is 0.0165. The molecule has 3 heteroatoms. The fraction of sp³-hybridized carbons (Fsp3) is 0.500. The van der Waals surface area contributed by atoms with Gasteiger partial charge in [-0.15, -0.1) is 11.6 Å². The summed E-state index contributed by atoms with van der Waals surface area (Å²) < 4.78 is 18.6. The van der Waals surface area contributed by atoms with Crippen molar-refractivity contribution < 1.29 is 9.13 Å². The van der Waals surface area contributed by atoms with E-state index in [1.54, 1.807) is 6.07 Å². The molecule has 1 heterocycles. The van der Waals surface area contributed by atoms with Gasteiger partial charge in [0.25, 0.3) is 0 Å². The van der Waals surface area contributed by atoms with Gasteiger partial charge in [-0.05, 0) is 43.0 Å². The third kappa shape index (κ3) is 2.50. The predicted molar refractivity (Wildman–Crippen MR) is 58.7 cm³/mol. The Hall–Kier alpha value is -0.600. The Morgan fingerprint density at radius 1 is 1.47 bits per heavy atom. The van der Waals surface area contributed by atoms with Crippen LogP contribution in [-0.4, -0.2) is 12.0 Å². The Morgan fingerprint density at radius 3 is 2.93 bits per heavy atom. The largest absolute Gasteiger partial charge is 0.373 e. The van der Waals surface area contributed by atoms with Crippen LogP contribution >= 0.6 is 11.6 Å². The molecule has 0 aromatic heterocycles. The highest BCUT2D eigenvalue weighted by Crippen LogP contribution is 2.32. The van der Waals surface area contributed by atoms with Crippen molar-refractivity contribution in [3.05, 3.63) is 35.1 Å². The highest BCUT2D eigenvalue weighted by Gasteiger charge is 2.23. The molecule has 0 saturated carbocycles. The molecule has 2 unspecified atom stereocenters. The molecule has 0 amide bonds. The second-order valence-electron chi connectivity index (χ2n) is 3.98. The van der Waals surface area contributed by atoms with Crippen LogP contribution in [0, 0.1) is 12.7 Å². The van der Waals surface area contributed by atoms with Gasteiger partial charge < -0.3 is 4.74 Å². The lowest BCUT2D eigenvalue weighted by atomic mass is 9.97. The fourth-order valence-electron chi connectivity index (χ4n) is 1.97. The van der Waals surface area contributed by atoms with E-state index in [0.29, 0.717) is 6.61 Å². The SMILES string of the molecule is Cc1cc(F)ccc1C1CC(Cl)CCO1. The van der Waals surface area contributed by atoms with E-state index in [1.807, 2.05) is 6.92 Å². The zero-order chi connectivity index (χ0) is 10.8. The molecular formula is C12H14ClFO. The van der Waals surface area contributed by atoms with E-state index in [0.717, 1.165) is 24.0 Å². The van der Waals surface area contributed by atoms with Crippen LogP contribution in [0.15, 0.2) is 18.2 Å². The summed E-state index contributed by atoms with van der Waals surface area (Å²) in [5.74, 6) is -0.200. The number of halogens is 2. The maximum absolute atomic E-state index is 12.9. The van der Waals surface area contributed by atoms with Crippen LogP contribution in [0.2, 0.25) is 0 Å². The molecule has 0 radical (unpaired) electrons. The molecule has 82 valence electrons. The van der Waals surface area contributed by atoms with Gasteiger partial charge in [-0.25, -0.2) is 4.39 Å². The molecule has 1 aliphatic rings. The number of rotatable bonds is 1. The van der Waals surface area contributed by atoms with Crippen molar-refractivity contribution in [2.45, 2.75) is 31.2 Å². The third-order valence-corrected chi connectivity index (χ3v) is 3.20. The molecule has 1 aromatic carbocycles. The number of hydrogen-bond acceptors (Lipinski definition) is 1. The van der Waals surface area contributed by atoms with Crippen molar-refractivity contribution in [3.63, 3.8) is 0 Å². The standard InChI is InChI=1S/C12H14ClFO/c1-8-6-10(14)2-3-11(8)12-7-9(13)4-5-15-12/h2-3,6,9,12H,4-5,7H2,1H3. The predicted octanol–water partition coefficient (Wildman–Crippen LogP) is 3.59. The molecule has 0 aliphatic carbocycles. The maximum atomic E-state index is 12.9. The monoisotopic (exact) mass is 228 g/mol. The minimum atomic E-state index is -0.200. The highest BCUT2D eigenvalue weighted by atomic mass is 35.5. The van der Waals surface area contributed by atoms with E-state index in [-0.39, 0.29) is 17.3 Å². The molecule has 2 rings (SSSR count). The molecular weight excluding hydrogens is 215 g/mol. The first kappa shape index (κ1) is 10.9. The van der Waals surface area contributed by atoms with Gasteiger partial charge in [-0.3, -0.25) is 0 Å². The zero-order valence-corrected chi connectivity index (χ0v) is 9.43. The van der Waals surface area contributed by atoms with Gasteiger partial charge in [0.1, 0.15) is 5.82 Å². The molecule has 1 aromatic rings. The van der Waals surface area contributed by atoms with Crippen molar-refractivity contribution in [1.82, 2.24) is 0 Å². The maximum Gasteiger partial charge on any atom is 0.123 e. The molecule has 0 spiro atoms. The summed E-state index contributed by atoms with van der Waals surface area (Å²) in [6.07, 6.45) is 1.74. The van der Waals surface area contributed by atoms with Gasteiger partial charge >= 0.3 is 0 Å². The number of ether oxygens (including phenoxy) is 1. The van der Waals surface area contributed by atoms with Gasteiger partial charge in [0.15, 0.2) is 0 Å². The van der Waals surface area contributed by atoms with Crippen LogP contribution < -0.4 is 0 Å². The summed E-state index contributed by atoms with van der Waals surface area (Å²) in [7, 11) is 0. The quantitative estimate of drug-likeness (QED) is 0.668. The summed E-state index contributed by atoms with van der Waals surface area (Å²) >= 11 is 6.09. The Labute approximate surface area is 94.2 Å². The Morgan fingerprint density at radius 2 is 2.27 bits per heavy atom. The van der Waals surface area contributed by atoms with Gasteiger partial charge in [-0.2, -0.15) is 0 Å². The van der Waals surface area contributed by atoms with Gasteiger partial charge in [0, 0.05) is 12.0 Å². The zero-order valence-electron chi connectivity index (χ0n) is 8.67. The molecule has 2 atom stereocenters. The first-order chi connectivity index (χ1) is 7.16. The second-order valence-corrected chi connectivity index (χ2v) is 4.60. The minimum absolute atomic E-state index is 0.0295. The molecule has 1 fully saturated rings. The van der Waals surface area contributed by atoms with Crippen molar-refractivity contribution in [2.24, 2.45) is 0 Å². The summed E-state index contributed by atoms with van der Waals surface area (Å²) in [5.41, 5.74) is 1.99. The van der Waals surface area contributed by atoms with E-state index >= 15 is 0 Å². The Bertz CT molecular complexity index is 353. The normalized spacial score (nSPS) is 26.6. The average molecular weight is 229 g/mol. The van der Waals surface area contributed by atoms with Crippen molar-refractivity contribution in [3.8, 4) is 0 Å². The van der Waals surface area contributed by atoms with Crippen molar-refractivity contribution in [1.29, 1.82) is 0 Å². The summed E-state index contributed by atoms with van der Waals surface area (Å²) in [6.45, 7) is 2.59. The lowest BCUT2D eigenvalue weighted by Crippen LogP contribution is -2.20. The number of hydrogen-bond donors (Lipinski definition) is 0. The Kier molecular flexibility index (Phi) is 3.27. The molecule has 1 saturated heterocycles. The highest BCUT2D eigenvalue weighted by molar-refractivity contribution is 6.20. The molecule has 0 bridgehead atoms. The number of benzene rings is 1. The molecule has 1 nitrogen and oxygen atoms in total. The van der Waals surface area contributed by atoms with E-state index in [2.05, 4.69) is 0 Å². The van der Waals surface area contributed by atoms with Crippen molar-refractivity contribution in [2.75, 3.05) is 6.61 Å². The topological polar surface area (TPSA) is 9.23 Å². The Balaban J connectivity index is 2.21. The van der Waals surface area contributed by atoms with Gasteiger partial charge in [0.2, 0.25) is 0 Å². The van der Waals surface area contributed by atoms with E-state index < -0.39 is 0 Å². The summed E-state index contributed by atoms with van der Waals surface area (Å²) in [4.78, 5) is 0. The van der Waals surface area contributed by atoms with Gasteiger partial charge in [0.05, 0.1) is 6.10 Å². The van der Waals surface area contributed by atoms with Gasteiger partial charge in [-0.1, -0.05) is 6.07 Å². The third-order valence-electron chi connectivity index (χ3n) is 2.80.